The minimum atomic E-state index is -0.236. The van der Waals surface area contributed by atoms with E-state index in [9.17, 15) is 4.79 Å². The maximum Gasteiger partial charge on any atom is 0.409 e. The van der Waals surface area contributed by atoms with Crippen LogP contribution in [0.2, 0.25) is 0 Å². The molecule has 0 aromatic carbocycles. The number of nitrogens with zero attached hydrogens (tertiary/aromatic N) is 5. The fourth-order valence-electron chi connectivity index (χ4n) is 2.86. The minimum Gasteiger partial charge on any atom is -0.450 e. The number of anilines is 1. The number of amides is 1. The van der Waals surface area contributed by atoms with Gasteiger partial charge in [0.1, 0.15) is 5.82 Å². The molecule has 26 heavy (non-hydrogen) atoms. The number of rotatable bonds is 5. The van der Waals surface area contributed by atoms with E-state index in [1.165, 1.54) is 0 Å². The highest BCUT2D eigenvalue weighted by Crippen LogP contribution is 2.15. The zero-order valence-electron chi connectivity index (χ0n) is 16.2. The molecule has 1 amide bonds. The summed E-state index contributed by atoms with van der Waals surface area (Å²) in [5.41, 5.74) is 1.08. The Balaban J connectivity index is 2.03. The highest BCUT2D eigenvalue weighted by Gasteiger charge is 2.23. The van der Waals surface area contributed by atoms with Gasteiger partial charge in [-0.3, -0.25) is 0 Å². The van der Waals surface area contributed by atoms with Crippen molar-refractivity contribution in [2.45, 2.75) is 20.4 Å². The molecule has 1 saturated heterocycles. The van der Waals surface area contributed by atoms with Crippen molar-refractivity contribution in [3.63, 3.8) is 0 Å². The Bertz CT molecular complexity index is 611. The predicted octanol–water partition coefficient (Wildman–Crippen LogP) is 1.39. The number of nitrogens with one attached hydrogen (secondary N) is 1. The summed E-state index contributed by atoms with van der Waals surface area (Å²) in [4.78, 5) is 27.0. The lowest BCUT2D eigenvalue weighted by Crippen LogP contribution is -2.53. The molecule has 0 unspecified atom stereocenters. The van der Waals surface area contributed by atoms with Crippen LogP contribution in [0.4, 0.5) is 10.6 Å². The van der Waals surface area contributed by atoms with E-state index < -0.39 is 0 Å². The van der Waals surface area contributed by atoms with Crippen molar-refractivity contribution >= 4 is 17.9 Å². The van der Waals surface area contributed by atoms with Gasteiger partial charge in [0.2, 0.25) is 0 Å². The summed E-state index contributed by atoms with van der Waals surface area (Å²) in [6.07, 6.45) is 1.56. The molecule has 0 radical (unpaired) electrons. The summed E-state index contributed by atoms with van der Waals surface area (Å²) >= 11 is 0. The highest BCUT2D eigenvalue weighted by molar-refractivity contribution is 5.80. The van der Waals surface area contributed by atoms with E-state index in [1.807, 2.05) is 38.1 Å². The molecule has 1 fully saturated rings. The summed E-state index contributed by atoms with van der Waals surface area (Å²) in [5, 5.41) is 3.35. The zero-order chi connectivity index (χ0) is 18.9. The van der Waals surface area contributed by atoms with Gasteiger partial charge in [-0.25, -0.2) is 14.8 Å². The first-order valence-corrected chi connectivity index (χ1v) is 9.13. The van der Waals surface area contributed by atoms with Crippen molar-refractivity contribution in [2.24, 2.45) is 4.99 Å². The van der Waals surface area contributed by atoms with Crippen LogP contribution in [0.25, 0.3) is 0 Å². The molecule has 0 bridgehead atoms. The monoisotopic (exact) mass is 362 g/mol. The Hall–Kier alpha value is -2.51. The van der Waals surface area contributed by atoms with Crippen LogP contribution in [-0.4, -0.2) is 80.3 Å². The molecule has 8 heteroatoms. The first-order chi connectivity index (χ1) is 12.6. The van der Waals surface area contributed by atoms with E-state index in [0.29, 0.717) is 26.2 Å². The van der Waals surface area contributed by atoms with Crippen molar-refractivity contribution in [1.29, 1.82) is 0 Å². The largest absolute Gasteiger partial charge is 0.450 e. The molecule has 1 aromatic rings. The number of hydrogen-bond donors (Lipinski definition) is 1. The fraction of sp³-hybridized carbons (Fsp3) is 0.611. The van der Waals surface area contributed by atoms with Crippen LogP contribution >= 0.6 is 0 Å². The van der Waals surface area contributed by atoms with E-state index in [-0.39, 0.29) is 6.09 Å². The molecule has 0 atom stereocenters. The predicted molar refractivity (Wildman–Crippen MR) is 104 cm³/mol. The summed E-state index contributed by atoms with van der Waals surface area (Å²) in [5.74, 6) is 1.80. The molecule has 8 nitrogen and oxygen atoms in total. The Labute approximate surface area is 155 Å². The van der Waals surface area contributed by atoms with Crippen molar-refractivity contribution in [3.05, 3.63) is 23.9 Å². The number of guanidine groups is 1. The third-order valence-electron chi connectivity index (χ3n) is 4.13. The van der Waals surface area contributed by atoms with Gasteiger partial charge in [0, 0.05) is 58.6 Å². The zero-order valence-corrected chi connectivity index (χ0v) is 16.2. The molecule has 1 aliphatic rings. The van der Waals surface area contributed by atoms with Gasteiger partial charge >= 0.3 is 6.09 Å². The van der Waals surface area contributed by atoms with Crippen molar-refractivity contribution < 1.29 is 9.53 Å². The van der Waals surface area contributed by atoms with E-state index in [4.69, 9.17) is 9.73 Å². The molecule has 1 aliphatic heterocycles. The van der Waals surface area contributed by atoms with Crippen molar-refractivity contribution in [2.75, 3.05) is 58.3 Å². The second kappa shape index (κ2) is 9.84. The molecule has 0 aliphatic carbocycles. The van der Waals surface area contributed by atoms with Gasteiger partial charge in [-0.1, -0.05) is 6.07 Å². The number of pyridine rings is 1. The molecule has 1 aromatic heterocycles. The van der Waals surface area contributed by atoms with Crippen LogP contribution in [0.3, 0.4) is 0 Å². The average molecular weight is 362 g/mol. The summed E-state index contributed by atoms with van der Waals surface area (Å²) in [6, 6.07) is 3.98. The smallest absolute Gasteiger partial charge is 0.409 e. The minimum absolute atomic E-state index is 0.236. The fourth-order valence-corrected chi connectivity index (χ4v) is 2.86. The van der Waals surface area contributed by atoms with Gasteiger partial charge in [0.25, 0.3) is 0 Å². The molecule has 0 saturated carbocycles. The first-order valence-electron chi connectivity index (χ1n) is 9.13. The molecule has 1 N–H and O–H groups in total. The maximum absolute atomic E-state index is 11.8. The first kappa shape index (κ1) is 19.8. The number of piperazine rings is 1. The normalized spacial score (nSPS) is 15.0. The molecule has 144 valence electrons. The second-order valence-electron chi connectivity index (χ2n) is 6.22. The van der Waals surface area contributed by atoms with Crippen LogP contribution in [0, 0.1) is 0 Å². The van der Waals surface area contributed by atoms with E-state index >= 15 is 0 Å². The molecule has 2 rings (SSSR count). The number of aromatic nitrogens is 1. The standard InChI is InChI=1S/C18H30N6O2/c1-5-19-17(21-14-15-8-7-9-20-16(15)22(3)4)23-10-12-24(13-11-23)18(25)26-6-2/h7-9H,5-6,10-14H2,1-4H3,(H,19,21). The van der Waals surface area contributed by atoms with E-state index in [2.05, 4.69) is 22.1 Å². The topological polar surface area (TPSA) is 73.3 Å². The second-order valence-corrected chi connectivity index (χ2v) is 6.22. The van der Waals surface area contributed by atoms with Gasteiger partial charge in [0.05, 0.1) is 13.2 Å². The Morgan fingerprint density at radius 3 is 2.58 bits per heavy atom. The third kappa shape index (κ3) is 5.24. The van der Waals surface area contributed by atoms with Gasteiger partial charge in [-0.15, -0.1) is 0 Å². The number of carbonyl (C=O) groups excluding carboxylic acids is 1. The van der Waals surface area contributed by atoms with Crippen molar-refractivity contribution in [1.82, 2.24) is 20.1 Å². The maximum atomic E-state index is 11.8. The molecular formula is C18H30N6O2. The molecule has 0 spiro atoms. The average Bonchev–Trinajstić information content (AvgIpc) is 2.65. The van der Waals surface area contributed by atoms with Crippen LogP contribution in [0.15, 0.2) is 23.3 Å². The number of carbonyl (C=O) groups is 1. The van der Waals surface area contributed by atoms with Crippen LogP contribution in [0.1, 0.15) is 19.4 Å². The summed E-state index contributed by atoms with van der Waals surface area (Å²) < 4.78 is 5.08. The van der Waals surface area contributed by atoms with Crippen LogP contribution < -0.4 is 10.2 Å². The molecular weight excluding hydrogens is 332 g/mol. The Morgan fingerprint density at radius 1 is 1.27 bits per heavy atom. The highest BCUT2D eigenvalue weighted by atomic mass is 16.6. The van der Waals surface area contributed by atoms with Crippen LogP contribution in [-0.2, 0) is 11.3 Å². The third-order valence-corrected chi connectivity index (χ3v) is 4.13. The number of hydrogen-bond acceptors (Lipinski definition) is 5. The van der Waals surface area contributed by atoms with Gasteiger partial charge in [-0.05, 0) is 19.9 Å². The summed E-state index contributed by atoms with van der Waals surface area (Å²) in [7, 11) is 3.96. The van der Waals surface area contributed by atoms with Crippen molar-refractivity contribution in [3.8, 4) is 0 Å². The lowest BCUT2D eigenvalue weighted by atomic mass is 10.2. The lowest BCUT2D eigenvalue weighted by molar-refractivity contribution is 0.0914. The van der Waals surface area contributed by atoms with Crippen LogP contribution in [0.5, 0.6) is 0 Å². The van der Waals surface area contributed by atoms with E-state index in [1.54, 1.807) is 11.1 Å². The number of ether oxygens (including phenoxy) is 1. The Morgan fingerprint density at radius 2 is 1.96 bits per heavy atom. The summed E-state index contributed by atoms with van der Waals surface area (Å²) in [6.45, 7) is 8.38. The van der Waals surface area contributed by atoms with E-state index in [0.717, 1.165) is 37.0 Å². The van der Waals surface area contributed by atoms with Gasteiger partial charge < -0.3 is 24.8 Å². The SMILES string of the molecule is CCNC(=NCc1cccnc1N(C)C)N1CCN(C(=O)OCC)CC1. The van der Waals surface area contributed by atoms with Gasteiger partial charge in [-0.2, -0.15) is 0 Å². The number of aliphatic imine (C=N–C) groups is 1. The molecule has 2 heterocycles. The quantitative estimate of drug-likeness (QED) is 0.630. The Kier molecular flexibility index (Phi) is 7.50. The van der Waals surface area contributed by atoms with Gasteiger partial charge in [0.15, 0.2) is 5.96 Å². The lowest BCUT2D eigenvalue weighted by Gasteiger charge is -2.36.